The summed E-state index contributed by atoms with van der Waals surface area (Å²) in [6, 6.07) is 0.0770. The fourth-order valence-corrected chi connectivity index (χ4v) is 3.08. The van der Waals surface area contributed by atoms with Gasteiger partial charge in [0.2, 0.25) is 11.7 Å². The van der Waals surface area contributed by atoms with E-state index >= 15 is 0 Å². The Morgan fingerprint density at radius 2 is 2.00 bits per heavy atom. The van der Waals surface area contributed by atoms with Crippen molar-refractivity contribution in [3.05, 3.63) is 11.7 Å². The number of nitrogens with two attached hydrogens (primary N) is 1. The lowest BCUT2D eigenvalue weighted by atomic mass is 9.84. The number of nitrogens with zero attached hydrogens (tertiary/aromatic N) is 2. The Hall–Kier alpha value is -0.940. The molecule has 0 aliphatic heterocycles. The SMILES string of the molecule is COC1(c2noc(CC(N)CC(C)C)n2)CCCCC1. The largest absolute Gasteiger partial charge is 0.370 e. The Kier molecular flexibility index (Phi) is 5.16. The molecule has 1 atom stereocenters. The quantitative estimate of drug-likeness (QED) is 0.868. The molecule has 2 N–H and O–H groups in total. The van der Waals surface area contributed by atoms with Crippen LogP contribution in [0.3, 0.4) is 0 Å². The van der Waals surface area contributed by atoms with Crippen LogP contribution in [0.2, 0.25) is 0 Å². The number of hydrogen-bond donors (Lipinski definition) is 1. The lowest BCUT2D eigenvalue weighted by Gasteiger charge is -2.32. The standard InChI is InChI=1S/C15H27N3O2/c1-11(2)9-12(16)10-13-17-14(18-20-13)15(19-3)7-5-4-6-8-15/h11-12H,4-10,16H2,1-3H3. The minimum atomic E-state index is -0.345. The second kappa shape index (κ2) is 6.68. The number of methoxy groups -OCH3 is 1. The van der Waals surface area contributed by atoms with Crippen molar-refractivity contribution in [1.29, 1.82) is 0 Å². The van der Waals surface area contributed by atoms with Crippen LogP contribution >= 0.6 is 0 Å². The van der Waals surface area contributed by atoms with Crippen LogP contribution in [0.5, 0.6) is 0 Å². The molecule has 5 nitrogen and oxygen atoms in total. The summed E-state index contributed by atoms with van der Waals surface area (Å²) in [6.45, 7) is 4.34. The first-order valence-electron chi connectivity index (χ1n) is 7.69. The van der Waals surface area contributed by atoms with Gasteiger partial charge in [-0.05, 0) is 25.2 Å². The van der Waals surface area contributed by atoms with Gasteiger partial charge in [-0.15, -0.1) is 0 Å². The van der Waals surface area contributed by atoms with E-state index in [-0.39, 0.29) is 11.6 Å². The van der Waals surface area contributed by atoms with Crippen LogP contribution in [0, 0.1) is 5.92 Å². The van der Waals surface area contributed by atoms with Crippen molar-refractivity contribution < 1.29 is 9.26 Å². The molecule has 0 saturated heterocycles. The van der Waals surface area contributed by atoms with E-state index in [0.717, 1.165) is 32.1 Å². The first kappa shape index (κ1) is 15.4. The van der Waals surface area contributed by atoms with Crippen molar-refractivity contribution in [1.82, 2.24) is 10.1 Å². The molecule has 1 aromatic heterocycles. The maximum absolute atomic E-state index is 6.10. The summed E-state index contributed by atoms with van der Waals surface area (Å²) in [5.74, 6) is 1.91. The van der Waals surface area contributed by atoms with Crippen molar-refractivity contribution in [2.24, 2.45) is 11.7 Å². The second-order valence-electron chi connectivity index (χ2n) is 6.36. The van der Waals surface area contributed by atoms with Crippen molar-refractivity contribution in [2.45, 2.75) is 70.4 Å². The zero-order valence-corrected chi connectivity index (χ0v) is 12.9. The molecule has 1 saturated carbocycles. The Labute approximate surface area is 121 Å². The summed E-state index contributed by atoms with van der Waals surface area (Å²) in [4.78, 5) is 4.54. The molecule has 1 unspecified atom stereocenters. The van der Waals surface area contributed by atoms with Gasteiger partial charge in [0.1, 0.15) is 5.60 Å². The molecule has 0 bridgehead atoms. The van der Waals surface area contributed by atoms with E-state index in [4.69, 9.17) is 15.0 Å². The van der Waals surface area contributed by atoms with Gasteiger partial charge in [-0.2, -0.15) is 4.98 Å². The average Bonchev–Trinajstić information content (AvgIpc) is 2.87. The van der Waals surface area contributed by atoms with Crippen LogP contribution in [-0.2, 0) is 16.8 Å². The second-order valence-corrected chi connectivity index (χ2v) is 6.36. The van der Waals surface area contributed by atoms with Gasteiger partial charge < -0.3 is 15.0 Å². The van der Waals surface area contributed by atoms with Gasteiger partial charge in [-0.1, -0.05) is 38.3 Å². The highest BCUT2D eigenvalue weighted by Crippen LogP contribution is 2.38. The number of hydrogen-bond acceptors (Lipinski definition) is 5. The zero-order chi connectivity index (χ0) is 14.6. The van der Waals surface area contributed by atoms with Gasteiger partial charge in [0.15, 0.2) is 0 Å². The molecule has 1 fully saturated rings. The molecule has 1 aliphatic rings. The third kappa shape index (κ3) is 3.58. The Morgan fingerprint density at radius 1 is 1.30 bits per heavy atom. The molecule has 1 aromatic rings. The third-order valence-corrected chi connectivity index (χ3v) is 4.14. The molecule has 5 heteroatoms. The lowest BCUT2D eigenvalue weighted by molar-refractivity contribution is -0.0527. The molecular formula is C15H27N3O2. The summed E-state index contributed by atoms with van der Waals surface area (Å²) in [5.41, 5.74) is 5.76. The Morgan fingerprint density at radius 3 is 2.60 bits per heavy atom. The minimum absolute atomic E-state index is 0.0770. The van der Waals surface area contributed by atoms with E-state index in [1.165, 1.54) is 6.42 Å². The number of ether oxygens (including phenoxy) is 1. The maximum Gasteiger partial charge on any atom is 0.228 e. The van der Waals surface area contributed by atoms with Gasteiger partial charge in [0.25, 0.3) is 0 Å². The van der Waals surface area contributed by atoms with Crippen LogP contribution in [0.15, 0.2) is 4.52 Å². The first-order valence-corrected chi connectivity index (χ1v) is 7.69. The van der Waals surface area contributed by atoms with Gasteiger partial charge in [0, 0.05) is 19.6 Å². The summed E-state index contributed by atoms with van der Waals surface area (Å²) < 4.78 is 11.1. The monoisotopic (exact) mass is 281 g/mol. The van der Waals surface area contributed by atoms with Gasteiger partial charge in [-0.3, -0.25) is 0 Å². The summed E-state index contributed by atoms with van der Waals surface area (Å²) in [6.07, 6.45) is 7.13. The first-order chi connectivity index (χ1) is 9.55. The van der Waals surface area contributed by atoms with E-state index < -0.39 is 0 Å². The third-order valence-electron chi connectivity index (χ3n) is 4.14. The fraction of sp³-hybridized carbons (Fsp3) is 0.867. The minimum Gasteiger partial charge on any atom is -0.370 e. The van der Waals surface area contributed by atoms with E-state index in [9.17, 15) is 0 Å². The predicted octanol–water partition coefficient (Wildman–Crippen LogP) is 2.79. The average molecular weight is 281 g/mol. The smallest absolute Gasteiger partial charge is 0.228 e. The van der Waals surface area contributed by atoms with E-state index in [1.54, 1.807) is 7.11 Å². The highest BCUT2D eigenvalue weighted by atomic mass is 16.5. The molecular weight excluding hydrogens is 254 g/mol. The maximum atomic E-state index is 6.10. The van der Waals surface area contributed by atoms with Gasteiger partial charge in [0.05, 0.1) is 0 Å². The van der Waals surface area contributed by atoms with Crippen molar-refractivity contribution in [3.8, 4) is 0 Å². The molecule has 20 heavy (non-hydrogen) atoms. The number of rotatable bonds is 6. The summed E-state index contributed by atoms with van der Waals surface area (Å²) in [5, 5.41) is 4.15. The predicted molar refractivity (Wildman–Crippen MR) is 77.2 cm³/mol. The summed E-state index contributed by atoms with van der Waals surface area (Å²) in [7, 11) is 1.74. The van der Waals surface area contributed by atoms with Crippen LogP contribution in [0.25, 0.3) is 0 Å². The van der Waals surface area contributed by atoms with Gasteiger partial charge >= 0.3 is 0 Å². The van der Waals surface area contributed by atoms with Crippen molar-refractivity contribution in [3.63, 3.8) is 0 Å². The van der Waals surface area contributed by atoms with E-state index in [2.05, 4.69) is 24.0 Å². The molecule has 1 heterocycles. The normalized spacial score (nSPS) is 20.2. The Bertz CT molecular complexity index is 411. The summed E-state index contributed by atoms with van der Waals surface area (Å²) >= 11 is 0. The van der Waals surface area contributed by atoms with Crippen LogP contribution in [0.1, 0.15) is 64.1 Å². The molecule has 114 valence electrons. The molecule has 0 spiro atoms. The van der Waals surface area contributed by atoms with Crippen molar-refractivity contribution >= 4 is 0 Å². The van der Waals surface area contributed by atoms with Gasteiger partial charge in [-0.25, -0.2) is 0 Å². The molecule has 2 rings (SSSR count). The highest BCUT2D eigenvalue weighted by Gasteiger charge is 2.38. The van der Waals surface area contributed by atoms with Crippen LogP contribution in [-0.4, -0.2) is 23.3 Å². The Balaban J connectivity index is 2.03. The lowest BCUT2D eigenvalue weighted by Crippen LogP contribution is -2.32. The topological polar surface area (TPSA) is 74.2 Å². The van der Waals surface area contributed by atoms with Crippen molar-refractivity contribution in [2.75, 3.05) is 7.11 Å². The number of aromatic nitrogens is 2. The molecule has 0 aromatic carbocycles. The molecule has 1 aliphatic carbocycles. The van der Waals surface area contributed by atoms with E-state index in [0.29, 0.717) is 24.1 Å². The molecule has 0 radical (unpaired) electrons. The highest BCUT2D eigenvalue weighted by molar-refractivity contribution is 5.03. The van der Waals surface area contributed by atoms with Crippen LogP contribution < -0.4 is 5.73 Å². The van der Waals surface area contributed by atoms with Crippen LogP contribution in [0.4, 0.5) is 0 Å². The van der Waals surface area contributed by atoms with E-state index in [1.807, 2.05) is 0 Å². The molecule has 0 amide bonds. The fourth-order valence-electron chi connectivity index (χ4n) is 3.08. The zero-order valence-electron chi connectivity index (χ0n) is 12.9.